The van der Waals surface area contributed by atoms with Crippen molar-refractivity contribution in [3.8, 4) is 5.82 Å². The van der Waals surface area contributed by atoms with Gasteiger partial charge in [-0.25, -0.2) is 23.1 Å². The number of para-hydroxylation sites is 1. The highest BCUT2D eigenvalue weighted by Crippen LogP contribution is 2.25. The number of hydrogen-bond acceptors (Lipinski definition) is 7. The van der Waals surface area contributed by atoms with Crippen molar-refractivity contribution in [2.75, 3.05) is 31.1 Å². The lowest BCUT2D eigenvalue weighted by atomic mass is 10.2. The predicted molar refractivity (Wildman–Crippen MR) is 112 cm³/mol. The quantitative estimate of drug-likeness (QED) is 0.495. The van der Waals surface area contributed by atoms with E-state index in [1.807, 2.05) is 30.5 Å². The van der Waals surface area contributed by atoms with Crippen LogP contribution in [0.5, 0.6) is 0 Å². The molecule has 1 aliphatic rings. The van der Waals surface area contributed by atoms with Gasteiger partial charge in [0.15, 0.2) is 5.82 Å². The number of benzene rings is 1. The van der Waals surface area contributed by atoms with Crippen molar-refractivity contribution >= 4 is 26.7 Å². The van der Waals surface area contributed by atoms with Gasteiger partial charge in [0.25, 0.3) is 0 Å². The highest BCUT2D eigenvalue weighted by atomic mass is 32.2. The molecule has 3 aromatic heterocycles. The Hall–Kier alpha value is -3.37. The van der Waals surface area contributed by atoms with E-state index >= 15 is 0 Å². The minimum absolute atomic E-state index is 0.247. The summed E-state index contributed by atoms with van der Waals surface area (Å²) >= 11 is 0. The van der Waals surface area contributed by atoms with Gasteiger partial charge in [0, 0.05) is 56.2 Å². The van der Waals surface area contributed by atoms with Gasteiger partial charge in [0.05, 0.1) is 5.52 Å². The van der Waals surface area contributed by atoms with E-state index in [0.717, 1.165) is 11.2 Å². The van der Waals surface area contributed by atoms with Crippen LogP contribution < -0.4 is 4.90 Å². The second-order valence-corrected chi connectivity index (χ2v) is 8.81. The minimum Gasteiger partial charge on any atom is -0.354 e. The van der Waals surface area contributed by atoms with E-state index in [-0.39, 0.29) is 4.90 Å². The first-order valence-corrected chi connectivity index (χ1v) is 11.0. The van der Waals surface area contributed by atoms with Gasteiger partial charge < -0.3 is 4.90 Å². The van der Waals surface area contributed by atoms with E-state index in [9.17, 15) is 8.42 Å². The lowest BCUT2D eigenvalue weighted by Crippen LogP contribution is -2.49. The third kappa shape index (κ3) is 3.29. The van der Waals surface area contributed by atoms with Crippen molar-refractivity contribution in [2.24, 2.45) is 0 Å². The molecule has 1 aliphatic heterocycles. The molecule has 1 saturated heterocycles. The fraction of sp³-hybridized carbons (Fsp3) is 0.200. The molecule has 0 bridgehead atoms. The van der Waals surface area contributed by atoms with Crippen molar-refractivity contribution in [2.45, 2.75) is 4.90 Å². The average Bonchev–Trinajstić information content (AvgIpc) is 3.34. The van der Waals surface area contributed by atoms with Crippen molar-refractivity contribution in [3.63, 3.8) is 0 Å². The first-order chi connectivity index (χ1) is 14.6. The Balaban J connectivity index is 1.36. The van der Waals surface area contributed by atoms with Crippen LogP contribution in [0.15, 0.2) is 72.3 Å². The molecule has 0 unspecified atom stereocenters. The maximum absolute atomic E-state index is 13.3. The minimum atomic E-state index is -3.64. The molecule has 0 atom stereocenters. The van der Waals surface area contributed by atoms with Crippen molar-refractivity contribution in [3.05, 3.63) is 67.4 Å². The van der Waals surface area contributed by atoms with Gasteiger partial charge in [-0.1, -0.05) is 18.2 Å². The van der Waals surface area contributed by atoms with Crippen LogP contribution in [0, 0.1) is 0 Å². The molecule has 9 nitrogen and oxygen atoms in total. The third-order valence-corrected chi connectivity index (χ3v) is 7.08. The highest BCUT2D eigenvalue weighted by Gasteiger charge is 2.30. The summed E-state index contributed by atoms with van der Waals surface area (Å²) in [6, 6.07) is 12.6. The number of hydrogen-bond donors (Lipinski definition) is 0. The number of sulfonamides is 1. The van der Waals surface area contributed by atoms with Gasteiger partial charge >= 0.3 is 0 Å². The van der Waals surface area contributed by atoms with Crippen LogP contribution in [-0.4, -0.2) is 63.6 Å². The molecule has 0 N–H and O–H groups in total. The number of anilines is 1. The molecular weight excluding hydrogens is 402 g/mol. The fourth-order valence-corrected chi connectivity index (χ4v) is 5.21. The summed E-state index contributed by atoms with van der Waals surface area (Å²) in [6.45, 7) is 1.80. The van der Waals surface area contributed by atoms with E-state index in [1.54, 1.807) is 35.3 Å². The third-order valence-electron chi connectivity index (χ3n) is 5.15. The van der Waals surface area contributed by atoms with Crippen LogP contribution in [0.4, 0.5) is 5.82 Å². The summed E-state index contributed by atoms with van der Waals surface area (Å²) in [7, 11) is -3.64. The number of pyridine rings is 1. The van der Waals surface area contributed by atoms with Crippen molar-refractivity contribution in [1.29, 1.82) is 0 Å². The van der Waals surface area contributed by atoms with Crippen LogP contribution >= 0.6 is 0 Å². The fourth-order valence-electron chi connectivity index (χ4n) is 3.62. The number of rotatable bonds is 4. The topological polar surface area (TPSA) is 97.1 Å². The van der Waals surface area contributed by atoms with Crippen LogP contribution in [0.3, 0.4) is 0 Å². The SMILES string of the molecule is O=S(=O)(c1cccc2cccnc12)N1CCN(c2cc(-n3cccn3)ncn2)CC1. The van der Waals surface area contributed by atoms with Gasteiger partial charge in [-0.05, 0) is 18.2 Å². The van der Waals surface area contributed by atoms with Crippen LogP contribution in [-0.2, 0) is 10.0 Å². The number of nitrogens with zero attached hydrogens (tertiary/aromatic N) is 7. The van der Waals surface area contributed by atoms with Crippen LogP contribution in [0.25, 0.3) is 16.7 Å². The standard InChI is InChI=1S/C20H19N7O2S/c28-30(29,17-6-1-4-16-5-2-7-21-20(16)17)26-12-10-25(11-13-26)18-14-19(23-15-22-18)27-9-3-8-24-27/h1-9,14-15H,10-13H2. The van der Waals surface area contributed by atoms with Crippen LogP contribution in [0.1, 0.15) is 0 Å². The van der Waals surface area contributed by atoms with Gasteiger partial charge in [-0.3, -0.25) is 4.98 Å². The summed E-state index contributed by atoms with van der Waals surface area (Å²) in [5, 5.41) is 5.00. The maximum Gasteiger partial charge on any atom is 0.245 e. The van der Waals surface area contributed by atoms with E-state index in [4.69, 9.17) is 0 Å². The largest absolute Gasteiger partial charge is 0.354 e. The monoisotopic (exact) mass is 421 g/mol. The number of piperazine rings is 1. The Morgan fingerprint density at radius 1 is 0.833 bits per heavy atom. The van der Waals surface area contributed by atoms with Gasteiger partial charge in [-0.2, -0.15) is 9.40 Å². The molecule has 1 aromatic carbocycles. The normalized spacial score (nSPS) is 15.5. The zero-order valence-corrected chi connectivity index (χ0v) is 16.9. The Morgan fingerprint density at radius 3 is 2.43 bits per heavy atom. The molecule has 152 valence electrons. The first-order valence-electron chi connectivity index (χ1n) is 9.54. The molecule has 30 heavy (non-hydrogen) atoms. The molecule has 0 spiro atoms. The summed E-state index contributed by atoms with van der Waals surface area (Å²) < 4.78 is 29.8. The van der Waals surface area contributed by atoms with E-state index in [1.165, 1.54) is 10.6 Å². The lowest BCUT2D eigenvalue weighted by Gasteiger charge is -2.34. The Bertz CT molecular complexity index is 1280. The molecule has 4 aromatic rings. The zero-order valence-electron chi connectivity index (χ0n) is 16.0. The number of aromatic nitrogens is 5. The summed E-state index contributed by atoms with van der Waals surface area (Å²) in [5.74, 6) is 1.42. The van der Waals surface area contributed by atoms with Crippen molar-refractivity contribution in [1.82, 2.24) is 29.0 Å². The summed E-state index contributed by atoms with van der Waals surface area (Å²) in [4.78, 5) is 15.2. The second-order valence-electron chi connectivity index (χ2n) is 6.91. The molecule has 0 saturated carbocycles. The zero-order chi connectivity index (χ0) is 20.6. The average molecular weight is 421 g/mol. The van der Waals surface area contributed by atoms with Gasteiger partial charge in [0.1, 0.15) is 17.0 Å². The van der Waals surface area contributed by atoms with E-state index in [2.05, 4.69) is 25.0 Å². The Labute approximate surface area is 173 Å². The predicted octanol–water partition coefficient (Wildman–Crippen LogP) is 1.72. The first kappa shape index (κ1) is 18.6. The van der Waals surface area contributed by atoms with E-state index in [0.29, 0.717) is 37.5 Å². The van der Waals surface area contributed by atoms with Crippen LogP contribution in [0.2, 0.25) is 0 Å². The van der Waals surface area contributed by atoms with E-state index < -0.39 is 10.0 Å². The summed E-state index contributed by atoms with van der Waals surface area (Å²) in [5.41, 5.74) is 0.502. The smallest absolute Gasteiger partial charge is 0.245 e. The molecule has 0 amide bonds. The molecule has 4 heterocycles. The number of fused-ring (bicyclic) bond motifs is 1. The molecule has 0 radical (unpaired) electrons. The molecular formula is C20H19N7O2S. The van der Waals surface area contributed by atoms with Gasteiger partial charge in [0.2, 0.25) is 10.0 Å². The molecule has 0 aliphatic carbocycles. The Morgan fingerprint density at radius 2 is 1.63 bits per heavy atom. The molecule has 1 fully saturated rings. The van der Waals surface area contributed by atoms with Gasteiger partial charge in [-0.15, -0.1) is 0 Å². The Kier molecular flexibility index (Phi) is 4.64. The lowest BCUT2D eigenvalue weighted by molar-refractivity contribution is 0.384. The second kappa shape index (κ2) is 7.47. The summed E-state index contributed by atoms with van der Waals surface area (Å²) in [6.07, 6.45) is 6.62. The maximum atomic E-state index is 13.3. The molecule has 10 heteroatoms. The van der Waals surface area contributed by atoms with Crippen molar-refractivity contribution < 1.29 is 8.42 Å². The molecule has 5 rings (SSSR count). The highest BCUT2D eigenvalue weighted by molar-refractivity contribution is 7.89.